The van der Waals surface area contributed by atoms with E-state index in [0.717, 1.165) is 76.2 Å². The molecule has 1 aromatic rings. The third kappa shape index (κ3) is 9.81. The Morgan fingerprint density at radius 2 is 1.72 bits per heavy atom. The monoisotopic (exact) mass is 561 g/mol. The average Bonchev–Trinajstić information content (AvgIpc) is 2.76. The highest BCUT2D eigenvalue weighted by atomic mass is 127. The SMILES string of the molecule is CCNC(=NCCN1CCN(C(C)=O)CC1)NCCc1ccc(OCC)c(OCC)c1.I. The van der Waals surface area contributed by atoms with Crippen LogP contribution >= 0.6 is 24.0 Å². The zero-order valence-electron chi connectivity index (χ0n) is 20.0. The first-order chi connectivity index (χ1) is 15.1. The van der Waals surface area contributed by atoms with E-state index in [9.17, 15) is 4.79 Å². The Labute approximate surface area is 210 Å². The maximum atomic E-state index is 11.4. The lowest BCUT2D eigenvalue weighted by atomic mass is 10.1. The number of nitrogens with zero attached hydrogens (tertiary/aromatic N) is 3. The predicted molar refractivity (Wildman–Crippen MR) is 141 cm³/mol. The Morgan fingerprint density at radius 3 is 2.34 bits per heavy atom. The van der Waals surface area contributed by atoms with Crippen LogP contribution in [0, 0.1) is 0 Å². The van der Waals surface area contributed by atoms with Crippen molar-refractivity contribution < 1.29 is 14.3 Å². The summed E-state index contributed by atoms with van der Waals surface area (Å²) in [6.07, 6.45) is 0.865. The topological polar surface area (TPSA) is 78.4 Å². The second-order valence-electron chi connectivity index (χ2n) is 7.43. The molecule has 1 aromatic carbocycles. The van der Waals surface area contributed by atoms with Crippen LogP contribution in [0.2, 0.25) is 0 Å². The quantitative estimate of drug-likeness (QED) is 0.246. The summed E-state index contributed by atoms with van der Waals surface area (Å²) in [6, 6.07) is 6.12. The van der Waals surface area contributed by atoms with Crippen molar-refractivity contribution in [3.8, 4) is 11.5 Å². The fraction of sp³-hybridized carbons (Fsp3) is 0.652. The molecule has 1 amide bonds. The first kappa shape index (κ1) is 28.3. The Hall–Kier alpha value is -1.75. The van der Waals surface area contributed by atoms with Gasteiger partial charge >= 0.3 is 0 Å². The molecule has 0 bridgehead atoms. The van der Waals surface area contributed by atoms with Gasteiger partial charge in [0.05, 0.1) is 19.8 Å². The van der Waals surface area contributed by atoms with Crippen LogP contribution in [-0.2, 0) is 11.2 Å². The van der Waals surface area contributed by atoms with Gasteiger partial charge in [-0.3, -0.25) is 14.7 Å². The normalized spacial score (nSPS) is 14.5. The van der Waals surface area contributed by atoms with E-state index in [0.29, 0.717) is 13.2 Å². The lowest BCUT2D eigenvalue weighted by Gasteiger charge is -2.33. The first-order valence-electron chi connectivity index (χ1n) is 11.5. The highest BCUT2D eigenvalue weighted by Gasteiger charge is 2.17. The number of guanidine groups is 1. The van der Waals surface area contributed by atoms with E-state index >= 15 is 0 Å². The zero-order valence-corrected chi connectivity index (χ0v) is 22.3. The van der Waals surface area contributed by atoms with Crippen LogP contribution in [-0.4, -0.2) is 87.2 Å². The highest BCUT2D eigenvalue weighted by Crippen LogP contribution is 2.28. The van der Waals surface area contributed by atoms with Crippen molar-refractivity contribution >= 4 is 35.8 Å². The van der Waals surface area contributed by atoms with Crippen molar-refractivity contribution in [3.05, 3.63) is 23.8 Å². The second-order valence-corrected chi connectivity index (χ2v) is 7.43. The summed E-state index contributed by atoms with van der Waals surface area (Å²) in [5.41, 5.74) is 1.19. The van der Waals surface area contributed by atoms with Crippen molar-refractivity contribution in [1.29, 1.82) is 0 Å². The van der Waals surface area contributed by atoms with Crippen molar-refractivity contribution in [1.82, 2.24) is 20.4 Å². The van der Waals surface area contributed by atoms with Gasteiger partial charge in [-0.1, -0.05) is 6.07 Å². The first-order valence-corrected chi connectivity index (χ1v) is 11.5. The molecule has 0 atom stereocenters. The van der Waals surface area contributed by atoms with Crippen LogP contribution in [0.5, 0.6) is 11.5 Å². The van der Waals surface area contributed by atoms with Crippen molar-refractivity contribution in [2.75, 3.05) is 65.6 Å². The number of carbonyl (C=O) groups excluding carboxylic acids is 1. The standard InChI is InChI=1S/C23H39N5O3.HI/c1-5-24-23(26-12-13-27-14-16-28(17-15-27)19(4)29)25-11-10-20-8-9-21(30-6-2)22(18-20)31-7-3;/h8-9,18H,5-7,10-17H2,1-4H3,(H2,24,25,26);1H. The number of aliphatic imine (C=N–C) groups is 1. The Morgan fingerprint density at radius 1 is 1.03 bits per heavy atom. The molecule has 1 aliphatic heterocycles. The summed E-state index contributed by atoms with van der Waals surface area (Å²) < 4.78 is 11.4. The van der Waals surface area contributed by atoms with E-state index in [1.54, 1.807) is 6.92 Å². The highest BCUT2D eigenvalue weighted by molar-refractivity contribution is 14.0. The van der Waals surface area contributed by atoms with Gasteiger partial charge in [0.25, 0.3) is 0 Å². The molecule has 0 saturated carbocycles. The van der Waals surface area contributed by atoms with Crippen molar-refractivity contribution in [2.24, 2.45) is 4.99 Å². The number of carbonyl (C=O) groups is 1. The van der Waals surface area contributed by atoms with Gasteiger partial charge in [-0.2, -0.15) is 0 Å². The maximum Gasteiger partial charge on any atom is 0.219 e. The van der Waals surface area contributed by atoms with Gasteiger partial charge in [-0.15, -0.1) is 24.0 Å². The van der Waals surface area contributed by atoms with Crippen LogP contribution in [0.1, 0.15) is 33.3 Å². The van der Waals surface area contributed by atoms with Gasteiger partial charge in [0.15, 0.2) is 17.5 Å². The number of halogens is 1. The summed E-state index contributed by atoms with van der Waals surface area (Å²) in [5.74, 6) is 2.59. The molecular formula is C23H40IN5O3. The summed E-state index contributed by atoms with van der Waals surface area (Å²) in [5, 5.41) is 6.72. The second kappa shape index (κ2) is 16.0. The van der Waals surface area contributed by atoms with Crippen molar-refractivity contribution in [3.63, 3.8) is 0 Å². The molecule has 182 valence electrons. The minimum absolute atomic E-state index is 0. The average molecular weight is 562 g/mol. The summed E-state index contributed by atoms with van der Waals surface area (Å²) in [6.45, 7) is 15.6. The van der Waals surface area contributed by atoms with Gasteiger partial charge in [0.1, 0.15) is 0 Å². The van der Waals surface area contributed by atoms with Gasteiger partial charge in [0.2, 0.25) is 5.91 Å². The minimum Gasteiger partial charge on any atom is -0.490 e. The molecule has 0 aromatic heterocycles. The smallest absolute Gasteiger partial charge is 0.219 e. The van der Waals surface area contributed by atoms with E-state index in [4.69, 9.17) is 14.5 Å². The van der Waals surface area contributed by atoms with E-state index in [-0.39, 0.29) is 29.9 Å². The van der Waals surface area contributed by atoms with E-state index in [2.05, 4.69) is 34.6 Å². The Bertz CT molecular complexity index is 709. The van der Waals surface area contributed by atoms with Gasteiger partial charge in [-0.05, 0) is 44.9 Å². The molecule has 1 saturated heterocycles. The molecule has 0 radical (unpaired) electrons. The Kier molecular flexibility index (Phi) is 14.1. The lowest BCUT2D eigenvalue weighted by Crippen LogP contribution is -2.48. The summed E-state index contributed by atoms with van der Waals surface area (Å²) >= 11 is 0. The van der Waals surface area contributed by atoms with Crippen LogP contribution in [0.3, 0.4) is 0 Å². The molecular weight excluding hydrogens is 521 g/mol. The van der Waals surface area contributed by atoms with E-state index in [1.165, 1.54) is 5.56 Å². The summed E-state index contributed by atoms with van der Waals surface area (Å²) in [4.78, 5) is 20.4. The number of amides is 1. The molecule has 2 rings (SSSR count). The molecule has 0 unspecified atom stereocenters. The molecule has 0 aliphatic carbocycles. The van der Waals surface area contributed by atoms with Gasteiger partial charge < -0.3 is 25.0 Å². The molecule has 32 heavy (non-hydrogen) atoms. The number of ether oxygens (including phenoxy) is 2. The van der Waals surface area contributed by atoms with Crippen LogP contribution in [0.25, 0.3) is 0 Å². The Balaban J connectivity index is 0.00000512. The van der Waals surface area contributed by atoms with Crippen molar-refractivity contribution in [2.45, 2.75) is 34.1 Å². The third-order valence-electron chi connectivity index (χ3n) is 5.16. The third-order valence-corrected chi connectivity index (χ3v) is 5.16. The number of hydrogen-bond donors (Lipinski definition) is 2. The van der Waals surface area contributed by atoms with Crippen LogP contribution in [0.15, 0.2) is 23.2 Å². The van der Waals surface area contributed by atoms with E-state index < -0.39 is 0 Å². The molecule has 1 fully saturated rings. The fourth-order valence-electron chi connectivity index (χ4n) is 3.51. The van der Waals surface area contributed by atoms with Gasteiger partial charge in [0, 0.05) is 52.7 Å². The molecule has 0 spiro atoms. The maximum absolute atomic E-state index is 11.4. The molecule has 8 nitrogen and oxygen atoms in total. The molecule has 1 aliphatic rings. The predicted octanol–water partition coefficient (Wildman–Crippen LogP) is 2.36. The largest absolute Gasteiger partial charge is 0.490 e. The number of hydrogen-bond acceptors (Lipinski definition) is 5. The molecule has 2 N–H and O–H groups in total. The number of rotatable bonds is 11. The minimum atomic E-state index is 0. The number of piperazine rings is 1. The molecule has 9 heteroatoms. The zero-order chi connectivity index (χ0) is 22.5. The fourth-order valence-corrected chi connectivity index (χ4v) is 3.51. The molecule has 1 heterocycles. The number of nitrogens with one attached hydrogen (secondary N) is 2. The van der Waals surface area contributed by atoms with E-state index in [1.807, 2.05) is 24.8 Å². The van der Waals surface area contributed by atoms with Crippen LogP contribution < -0.4 is 20.1 Å². The van der Waals surface area contributed by atoms with Gasteiger partial charge in [-0.25, -0.2) is 0 Å². The number of benzene rings is 1. The lowest BCUT2D eigenvalue weighted by molar-refractivity contribution is -0.130. The van der Waals surface area contributed by atoms with Crippen LogP contribution in [0.4, 0.5) is 0 Å². The summed E-state index contributed by atoms with van der Waals surface area (Å²) in [7, 11) is 0.